The standard InChI is InChI=1S/C10H10F2N2/c11-7-1-2-8(9(12)4-7)6-3-10(13)14-5-6/h1-4,6,14H,5,13H2. The minimum absolute atomic E-state index is 0.101. The van der Waals surface area contributed by atoms with Crippen LogP contribution in [0.4, 0.5) is 8.78 Å². The Bertz CT molecular complexity index is 388. The summed E-state index contributed by atoms with van der Waals surface area (Å²) >= 11 is 0. The Morgan fingerprint density at radius 1 is 1.36 bits per heavy atom. The molecule has 1 heterocycles. The number of nitrogens with one attached hydrogen (secondary N) is 1. The summed E-state index contributed by atoms with van der Waals surface area (Å²) in [6.07, 6.45) is 1.73. The molecule has 0 aromatic heterocycles. The van der Waals surface area contributed by atoms with Crippen LogP contribution < -0.4 is 11.1 Å². The van der Waals surface area contributed by atoms with Gasteiger partial charge in [-0.1, -0.05) is 6.07 Å². The van der Waals surface area contributed by atoms with Crippen LogP contribution in [0.15, 0.2) is 30.1 Å². The Morgan fingerprint density at radius 2 is 2.14 bits per heavy atom. The lowest BCUT2D eigenvalue weighted by Crippen LogP contribution is -2.16. The Hall–Kier alpha value is -1.58. The molecule has 0 spiro atoms. The van der Waals surface area contributed by atoms with Gasteiger partial charge in [-0.2, -0.15) is 0 Å². The molecule has 3 N–H and O–H groups in total. The van der Waals surface area contributed by atoms with Crippen molar-refractivity contribution in [3.05, 3.63) is 47.3 Å². The third kappa shape index (κ3) is 1.55. The Labute approximate surface area is 80.4 Å². The fraction of sp³-hybridized carbons (Fsp3) is 0.200. The predicted octanol–water partition coefficient (Wildman–Crippen LogP) is 1.45. The Kier molecular flexibility index (Phi) is 2.11. The van der Waals surface area contributed by atoms with E-state index in [1.165, 1.54) is 12.1 Å². The van der Waals surface area contributed by atoms with Crippen LogP contribution >= 0.6 is 0 Å². The normalized spacial score (nSPS) is 20.4. The SMILES string of the molecule is NC1=CC(c2ccc(F)cc2F)CN1. The average Bonchev–Trinajstić information content (AvgIpc) is 2.51. The molecule has 2 nitrogen and oxygen atoms in total. The second-order valence-corrected chi connectivity index (χ2v) is 3.28. The topological polar surface area (TPSA) is 38.0 Å². The molecule has 0 bridgehead atoms. The van der Waals surface area contributed by atoms with Crippen LogP contribution in [0.3, 0.4) is 0 Å². The number of hydrogen-bond acceptors (Lipinski definition) is 2. The lowest BCUT2D eigenvalue weighted by atomic mass is 10.00. The maximum Gasteiger partial charge on any atom is 0.129 e. The zero-order valence-corrected chi connectivity index (χ0v) is 7.43. The molecule has 14 heavy (non-hydrogen) atoms. The quantitative estimate of drug-likeness (QED) is 0.713. The van der Waals surface area contributed by atoms with E-state index in [1.54, 1.807) is 6.08 Å². The third-order valence-electron chi connectivity index (χ3n) is 2.27. The van der Waals surface area contributed by atoms with E-state index in [9.17, 15) is 8.78 Å². The molecule has 0 aliphatic carbocycles. The van der Waals surface area contributed by atoms with Crippen LogP contribution in [0.2, 0.25) is 0 Å². The minimum atomic E-state index is -0.561. The van der Waals surface area contributed by atoms with Crippen LogP contribution in [0, 0.1) is 11.6 Å². The van der Waals surface area contributed by atoms with Crippen molar-refractivity contribution in [2.75, 3.05) is 6.54 Å². The first-order chi connectivity index (χ1) is 6.66. The van der Waals surface area contributed by atoms with E-state index in [-0.39, 0.29) is 5.92 Å². The largest absolute Gasteiger partial charge is 0.386 e. The summed E-state index contributed by atoms with van der Waals surface area (Å²) in [5, 5.41) is 2.89. The molecule has 1 aliphatic rings. The van der Waals surface area contributed by atoms with Gasteiger partial charge in [0.1, 0.15) is 11.6 Å². The maximum atomic E-state index is 13.3. The molecule has 1 aromatic carbocycles. The lowest BCUT2D eigenvalue weighted by Gasteiger charge is -2.08. The van der Waals surface area contributed by atoms with Crippen molar-refractivity contribution in [1.82, 2.24) is 5.32 Å². The van der Waals surface area contributed by atoms with Crippen LogP contribution in [0.25, 0.3) is 0 Å². The van der Waals surface area contributed by atoms with E-state index in [0.717, 1.165) is 6.07 Å². The molecular weight excluding hydrogens is 186 g/mol. The lowest BCUT2D eigenvalue weighted by molar-refractivity contribution is 0.566. The molecule has 0 radical (unpaired) electrons. The molecule has 1 atom stereocenters. The first-order valence-corrected chi connectivity index (χ1v) is 4.33. The number of benzene rings is 1. The van der Waals surface area contributed by atoms with Gasteiger partial charge >= 0.3 is 0 Å². The van der Waals surface area contributed by atoms with Gasteiger partial charge in [0.05, 0.1) is 5.82 Å². The molecule has 1 aliphatic heterocycles. The number of hydrogen-bond donors (Lipinski definition) is 2. The van der Waals surface area contributed by atoms with E-state index in [0.29, 0.717) is 17.9 Å². The van der Waals surface area contributed by atoms with Crippen molar-refractivity contribution in [1.29, 1.82) is 0 Å². The Balaban J connectivity index is 2.33. The van der Waals surface area contributed by atoms with E-state index in [2.05, 4.69) is 5.32 Å². The first kappa shape index (κ1) is 8.99. The van der Waals surface area contributed by atoms with Gasteiger partial charge in [-0.05, 0) is 17.7 Å². The van der Waals surface area contributed by atoms with Gasteiger partial charge < -0.3 is 11.1 Å². The first-order valence-electron chi connectivity index (χ1n) is 4.33. The highest BCUT2D eigenvalue weighted by molar-refractivity contribution is 5.30. The number of halogens is 2. The van der Waals surface area contributed by atoms with E-state index < -0.39 is 11.6 Å². The summed E-state index contributed by atoms with van der Waals surface area (Å²) < 4.78 is 25.9. The molecule has 0 saturated carbocycles. The molecule has 4 heteroatoms. The Morgan fingerprint density at radius 3 is 2.71 bits per heavy atom. The van der Waals surface area contributed by atoms with Crippen LogP contribution in [0.5, 0.6) is 0 Å². The number of nitrogens with two attached hydrogens (primary N) is 1. The van der Waals surface area contributed by atoms with E-state index in [4.69, 9.17) is 5.73 Å². The van der Waals surface area contributed by atoms with Gasteiger partial charge in [0.25, 0.3) is 0 Å². The van der Waals surface area contributed by atoms with Crippen molar-refractivity contribution in [2.24, 2.45) is 5.73 Å². The third-order valence-corrected chi connectivity index (χ3v) is 2.27. The summed E-state index contributed by atoms with van der Waals surface area (Å²) in [5.74, 6) is -0.647. The summed E-state index contributed by atoms with van der Waals surface area (Å²) in [7, 11) is 0. The van der Waals surface area contributed by atoms with Gasteiger partial charge in [-0.3, -0.25) is 0 Å². The van der Waals surface area contributed by atoms with Crippen molar-refractivity contribution in [3.8, 4) is 0 Å². The van der Waals surface area contributed by atoms with Gasteiger partial charge in [0, 0.05) is 18.5 Å². The molecule has 1 unspecified atom stereocenters. The van der Waals surface area contributed by atoms with Crippen molar-refractivity contribution < 1.29 is 8.78 Å². The maximum absolute atomic E-state index is 13.3. The fourth-order valence-corrected chi connectivity index (χ4v) is 1.56. The zero-order chi connectivity index (χ0) is 10.1. The van der Waals surface area contributed by atoms with Crippen LogP contribution in [-0.2, 0) is 0 Å². The highest BCUT2D eigenvalue weighted by atomic mass is 19.1. The van der Waals surface area contributed by atoms with Crippen molar-refractivity contribution >= 4 is 0 Å². The molecule has 74 valence electrons. The summed E-state index contributed by atoms with van der Waals surface area (Å²) in [6.45, 7) is 0.564. The fourth-order valence-electron chi connectivity index (χ4n) is 1.56. The number of rotatable bonds is 1. The second-order valence-electron chi connectivity index (χ2n) is 3.28. The highest BCUT2D eigenvalue weighted by Gasteiger charge is 2.18. The molecule has 1 aromatic rings. The molecule has 2 rings (SSSR count). The monoisotopic (exact) mass is 196 g/mol. The summed E-state index contributed by atoms with van der Waals surface area (Å²) in [5.41, 5.74) is 5.97. The van der Waals surface area contributed by atoms with E-state index >= 15 is 0 Å². The van der Waals surface area contributed by atoms with Gasteiger partial charge in [0.2, 0.25) is 0 Å². The molecular formula is C10H10F2N2. The molecule has 0 amide bonds. The van der Waals surface area contributed by atoms with Gasteiger partial charge in [-0.25, -0.2) is 8.78 Å². The van der Waals surface area contributed by atoms with E-state index in [1.807, 2.05) is 0 Å². The molecule has 0 fully saturated rings. The van der Waals surface area contributed by atoms with Gasteiger partial charge in [-0.15, -0.1) is 0 Å². The van der Waals surface area contributed by atoms with Crippen LogP contribution in [-0.4, -0.2) is 6.54 Å². The summed E-state index contributed by atoms with van der Waals surface area (Å²) in [4.78, 5) is 0. The highest BCUT2D eigenvalue weighted by Crippen LogP contribution is 2.24. The zero-order valence-electron chi connectivity index (χ0n) is 7.43. The smallest absolute Gasteiger partial charge is 0.129 e. The summed E-state index contributed by atoms with van der Waals surface area (Å²) in [6, 6.07) is 3.59. The second kappa shape index (κ2) is 3.29. The predicted molar refractivity (Wildman–Crippen MR) is 49.4 cm³/mol. The minimum Gasteiger partial charge on any atom is -0.386 e. The average molecular weight is 196 g/mol. The van der Waals surface area contributed by atoms with Crippen molar-refractivity contribution in [2.45, 2.75) is 5.92 Å². The van der Waals surface area contributed by atoms with Crippen molar-refractivity contribution in [3.63, 3.8) is 0 Å². The molecule has 0 saturated heterocycles. The van der Waals surface area contributed by atoms with Crippen LogP contribution in [0.1, 0.15) is 11.5 Å². The van der Waals surface area contributed by atoms with Gasteiger partial charge in [0.15, 0.2) is 0 Å².